The molecular weight excluding hydrogens is 210 g/mol. The summed E-state index contributed by atoms with van der Waals surface area (Å²) in [7, 11) is 0. The first-order chi connectivity index (χ1) is 7.99. The Hall–Kier alpha value is -1.31. The third kappa shape index (κ3) is 5.03. The number of hydrogen-bond acceptors (Lipinski definition) is 1. The Morgan fingerprint density at radius 2 is 1.94 bits per heavy atom. The fourth-order valence-corrected chi connectivity index (χ4v) is 1.63. The molecule has 0 aliphatic rings. The van der Waals surface area contributed by atoms with Crippen LogP contribution in [-0.2, 0) is 11.2 Å². The molecular formula is C15H23NO. The van der Waals surface area contributed by atoms with Crippen molar-refractivity contribution >= 4 is 5.91 Å². The van der Waals surface area contributed by atoms with E-state index in [2.05, 4.69) is 45.1 Å². The van der Waals surface area contributed by atoms with E-state index in [0.717, 1.165) is 12.1 Å². The van der Waals surface area contributed by atoms with Crippen molar-refractivity contribution in [2.45, 2.75) is 40.0 Å². The molecule has 1 amide bonds. The van der Waals surface area contributed by atoms with Crippen molar-refractivity contribution in [3.63, 3.8) is 0 Å². The molecule has 0 aliphatic heterocycles. The number of nitrogens with one attached hydrogen (secondary N) is 1. The molecule has 0 spiro atoms. The van der Waals surface area contributed by atoms with Gasteiger partial charge < -0.3 is 5.32 Å². The summed E-state index contributed by atoms with van der Waals surface area (Å²) in [6.07, 6.45) is 0.479. The van der Waals surface area contributed by atoms with Crippen LogP contribution < -0.4 is 5.32 Å². The minimum absolute atomic E-state index is 0.111. The maximum absolute atomic E-state index is 11.7. The van der Waals surface area contributed by atoms with Crippen molar-refractivity contribution in [1.82, 2.24) is 5.32 Å². The van der Waals surface area contributed by atoms with Crippen LogP contribution >= 0.6 is 0 Å². The second-order valence-electron chi connectivity index (χ2n) is 5.27. The molecule has 2 heteroatoms. The lowest BCUT2D eigenvalue weighted by Gasteiger charge is -2.10. The van der Waals surface area contributed by atoms with E-state index in [1.165, 1.54) is 5.56 Å². The van der Waals surface area contributed by atoms with Crippen molar-refractivity contribution in [2.75, 3.05) is 6.54 Å². The van der Waals surface area contributed by atoms with E-state index in [4.69, 9.17) is 0 Å². The Labute approximate surface area is 104 Å². The van der Waals surface area contributed by atoms with Crippen LogP contribution in [-0.4, -0.2) is 12.5 Å². The van der Waals surface area contributed by atoms with Crippen LogP contribution in [0.25, 0.3) is 0 Å². The highest BCUT2D eigenvalue weighted by Crippen LogP contribution is 2.15. The first-order valence-corrected chi connectivity index (χ1v) is 6.34. The molecule has 1 aromatic carbocycles. The Balaban J connectivity index is 2.56. The van der Waals surface area contributed by atoms with E-state index in [-0.39, 0.29) is 5.91 Å². The largest absolute Gasteiger partial charge is 0.356 e. The molecule has 17 heavy (non-hydrogen) atoms. The summed E-state index contributed by atoms with van der Waals surface area (Å²) >= 11 is 0. The summed E-state index contributed by atoms with van der Waals surface area (Å²) in [5, 5.41) is 2.94. The number of benzene rings is 1. The van der Waals surface area contributed by atoms with E-state index < -0.39 is 0 Å². The zero-order chi connectivity index (χ0) is 12.8. The van der Waals surface area contributed by atoms with E-state index in [1.807, 2.05) is 12.1 Å². The molecule has 0 fully saturated rings. The summed E-state index contributed by atoms with van der Waals surface area (Å²) in [5.41, 5.74) is 2.39. The van der Waals surface area contributed by atoms with Crippen molar-refractivity contribution in [1.29, 1.82) is 0 Å². The quantitative estimate of drug-likeness (QED) is 0.831. The smallest absolute Gasteiger partial charge is 0.224 e. The van der Waals surface area contributed by atoms with Crippen LogP contribution in [0.4, 0.5) is 0 Å². The number of amides is 1. The van der Waals surface area contributed by atoms with Gasteiger partial charge in [-0.05, 0) is 23.0 Å². The Kier molecular flexibility index (Phi) is 5.20. The minimum atomic E-state index is 0.111. The Morgan fingerprint density at radius 3 is 2.53 bits per heavy atom. The lowest BCUT2D eigenvalue weighted by atomic mass is 9.99. The summed E-state index contributed by atoms with van der Waals surface area (Å²) in [6.45, 7) is 9.28. The number of carbonyl (C=O) groups excluding carboxylic acids is 1. The SMILES string of the molecule is CC(C)CNC(=O)Cc1cccc(C(C)C)c1. The molecule has 0 atom stereocenters. The first kappa shape index (κ1) is 13.8. The van der Waals surface area contributed by atoms with Crippen LogP contribution in [0.3, 0.4) is 0 Å². The van der Waals surface area contributed by atoms with Gasteiger partial charge in [0.05, 0.1) is 6.42 Å². The maximum atomic E-state index is 11.7. The highest BCUT2D eigenvalue weighted by atomic mass is 16.1. The van der Waals surface area contributed by atoms with Gasteiger partial charge in [-0.15, -0.1) is 0 Å². The monoisotopic (exact) mass is 233 g/mol. The van der Waals surface area contributed by atoms with Crippen molar-refractivity contribution in [2.24, 2.45) is 5.92 Å². The van der Waals surface area contributed by atoms with Gasteiger partial charge in [0.25, 0.3) is 0 Å². The number of hydrogen-bond donors (Lipinski definition) is 1. The third-order valence-electron chi connectivity index (χ3n) is 2.69. The number of carbonyl (C=O) groups is 1. The van der Waals surface area contributed by atoms with E-state index in [0.29, 0.717) is 18.3 Å². The fraction of sp³-hybridized carbons (Fsp3) is 0.533. The molecule has 2 nitrogen and oxygen atoms in total. The van der Waals surface area contributed by atoms with Gasteiger partial charge in [0.1, 0.15) is 0 Å². The molecule has 0 radical (unpaired) electrons. The lowest BCUT2D eigenvalue weighted by Crippen LogP contribution is -2.28. The normalized spacial score (nSPS) is 10.9. The van der Waals surface area contributed by atoms with Gasteiger partial charge in [-0.1, -0.05) is 52.0 Å². The second-order valence-corrected chi connectivity index (χ2v) is 5.27. The van der Waals surface area contributed by atoms with E-state index >= 15 is 0 Å². The lowest BCUT2D eigenvalue weighted by molar-refractivity contribution is -0.120. The van der Waals surface area contributed by atoms with E-state index in [1.54, 1.807) is 0 Å². The van der Waals surface area contributed by atoms with Gasteiger partial charge in [-0.3, -0.25) is 4.79 Å². The predicted molar refractivity (Wildman–Crippen MR) is 72.1 cm³/mol. The topological polar surface area (TPSA) is 29.1 Å². The van der Waals surface area contributed by atoms with Crippen molar-refractivity contribution in [3.05, 3.63) is 35.4 Å². The van der Waals surface area contributed by atoms with Crippen LogP contribution in [0.1, 0.15) is 44.7 Å². The summed E-state index contributed by atoms with van der Waals surface area (Å²) in [5.74, 6) is 1.12. The minimum Gasteiger partial charge on any atom is -0.356 e. The maximum Gasteiger partial charge on any atom is 0.224 e. The van der Waals surface area contributed by atoms with Crippen LogP contribution in [0.5, 0.6) is 0 Å². The Bertz CT molecular complexity index is 369. The highest BCUT2D eigenvalue weighted by molar-refractivity contribution is 5.78. The van der Waals surface area contributed by atoms with Gasteiger partial charge in [0, 0.05) is 6.54 Å². The first-order valence-electron chi connectivity index (χ1n) is 6.34. The van der Waals surface area contributed by atoms with Crippen molar-refractivity contribution < 1.29 is 4.79 Å². The molecule has 0 heterocycles. The molecule has 1 rings (SSSR count). The van der Waals surface area contributed by atoms with Crippen LogP contribution in [0, 0.1) is 5.92 Å². The highest BCUT2D eigenvalue weighted by Gasteiger charge is 2.05. The Morgan fingerprint density at radius 1 is 1.24 bits per heavy atom. The standard InChI is InChI=1S/C15H23NO/c1-11(2)10-16-15(17)9-13-6-5-7-14(8-13)12(3)4/h5-8,11-12H,9-10H2,1-4H3,(H,16,17). The van der Waals surface area contributed by atoms with Crippen LogP contribution in [0.15, 0.2) is 24.3 Å². The van der Waals surface area contributed by atoms with E-state index in [9.17, 15) is 4.79 Å². The molecule has 1 aromatic rings. The van der Waals surface area contributed by atoms with Gasteiger partial charge >= 0.3 is 0 Å². The molecule has 0 aliphatic carbocycles. The molecule has 1 N–H and O–H groups in total. The fourth-order valence-electron chi connectivity index (χ4n) is 1.63. The molecule has 94 valence electrons. The summed E-state index contributed by atoms with van der Waals surface area (Å²) in [6, 6.07) is 8.28. The molecule has 0 saturated heterocycles. The average Bonchev–Trinajstić information content (AvgIpc) is 2.26. The second kappa shape index (κ2) is 6.43. The molecule has 0 bridgehead atoms. The van der Waals surface area contributed by atoms with Gasteiger partial charge in [-0.25, -0.2) is 0 Å². The third-order valence-corrected chi connectivity index (χ3v) is 2.69. The van der Waals surface area contributed by atoms with Gasteiger partial charge in [-0.2, -0.15) is 0 Å². The summed E-state index contributed by atoms with van der Waals surface area (Å²) < 4.78 is 0. The molecule has 0 unspecified atom stereocenters. The predicted octanol–water partition coefficient (Wildman–Crippen LogP) is 3.12. The van der Waals surface area contributed by atoms with Crippen LogP contribution in [0.2, 0.25) is 0 Å². The summed E-state index contributed by atoms with van der Waals surface area (Å²) in [4.78, 5) is 11.7. The molecule has 0 aromatic heterocycles. The molecule has 0 saturated carbocycles. The number of rotatable bonds is 5. The zero-order valence-corrected chi connectivity index (χ0v) is 11.3. The van der Waals surface area contributed by atoms with Gasteiger partial charge in [0.2, 0.25) is 5.91 Å². The zero-order valence-electron chi connectivity index (χ0n) is 11.3. The van der Waals surface area contributed by atoms with Crippen molar-refractivity contribution in [3.8, 4) is 0 Å². The average molecular weight is 233 g/mol. The van der Waals surface area contributed by atoms with Gasteiger partial charge in [0.15, 0.2) is 0 Å².